The molecule has 5 nitrogen and oxygen atoms in total. The first-order valence-electron chi connectivity index (χ1n) is 8.55. The van der Waals surface area contributed by atoms with E-state index in [-0.39, 0.29) is 12.4 Å². The maximum Gasteiger partial charge on any atom is 0.265 e. The first-order chi connectivity index (χ1) is 12.1. The average Bonchev–Trinajstić information content (AvgIpc) is 3.26. The van der Waals surface area contributed by atoms with Gasteiger partial charge in [0.1, 0.15) is 0 Å². The van der Waals surface area contributed by atoms with E-state index in [0.29, 0.717) is 12.2 Å². The van der Waals surface area contributed by atoms with Gasteiger partial charge in [0.25, 0.3) is 5.89 Å². The summed E-state index contributed by atoms with van der Waals surface area (Å²) in [5.74, 6) is 0.523. The van der Waals surface area contributed by atoms with Crippen molar-refractivity contribution in [3.05, 3.63) is 60.2 Å². The molecule has 1 fully saturated rings. The fraction of sp³-hybridized carbons (Fsp3) is 0.368. The van der Waals surface area contributed by atoms with Crippen LogP contribution in [0.25, 0.3) is 11.4 Å². The second-order valence-electron chi connectivity index (χ2n) is 6.68. The minimum absolute atomic E-state index is 0.0861. The van der Waals surface area contributed by atoms with E-state index in [2.05, 4.69) is 25.7 Å². The molecule has 130 valence electrons. The molecule has 1 unspecified atom stereocenters. The molecule has 4 rings (SSSR count). The van der Waals surface area contributed by atoms with Gasteiger partial charge in [0.2, 0.25) is 11.5 Å². The normalized spacial score (nSPS) is 21.5. The van der Waals surface area contributed by atoms with Crippen LogP contribution >= 0.6 is 0 Å². The number of hydrogen-bond donors (Lipinski definition) is 0. The summed E-state index contributed by atoms with van der Waals surface area (Å²) in [6, 6.07) is 13.6. The van der Waals surface area contributed by atoms with Gasteiger partial charge >= 0.3 is 0 Å². The maximum absolute atomic E-state index is 15.6. The van der Waals surface area contributed by atoms with Gasteiger partial charge < -0.3 is 9.09 Å². The van der Waals surface area contributed by atoms with Gasteiger partial charge in [0.05, 0.1) is 0 Å². The van der Waals surface area contributed by atoms with Crippen LogP contribution in [0.2, 0.25) is 0 Å². The standard InChI is InChI=1S/C19H21FN4O/c1-23-11-5-9-16(23)13-24-12-6-10-19(20,14-24)18-21-17(22-25-18)15-7-3-2-4-8-15/h2-5,7-9,11H,6,10,12-14H2,1H3. The van der Waals surface area contributed by atoms with E-state index in [1.54, 1.807) is 0 Å². The van der Waals surface area contributed by atoms with Gasteiger partial charge in [-0.25, -0.2) is 4.39 Å². The van der Waals surface area contributed by atoms with Crippen molar-refractivity contribution in [3.63, 3.8) is 0 Å². The first kappa shape index (κ1) is 16.0. The molecule has 0 amide bonds. The first-order valence-corrected chi connectivity index (χ1v) is 8.55. The van der Waals surface area contributed by atoms with Crippen LogP contribution in [0.1, 0.15) is 24.4 Å². The highest BCUT2D eigenvalue weighted by Crippen LogP contribution is 2.36. The highest BCUT2D eigenvalue weighted by Gasteiger charge is 2.42. The Labute approximate surface area is 146 Å². The molecule has 2 aromatic heterocycles. The van der Waals surface area contributed by atoms with Gasteiger partial charge in [-0.2, -0.15) is 4.98 Å². The van der Waals surface area contributed by atoms with Gasteiger partial charge in [-0.05, 0) is 31.5 Å². The number of piperidine rings is 1. The van der Waals surface area contributed by atoms with Crippen molar-refractivity contribution in [1.82, 2.24) is 19.6 Å². The van der Waals surface area contributed by atoms with Crippen molar-refractivity contribution in [2.75, 3.05) is 13.1 Å². The topological polar surface area (TPSA) is 47.1 Å². The number of aromatic nitrogens is 3. The molecule has 25 heavy (non-hydrogen) atoms. The Balaban J connectivity index is 1.53. The monoisotopic (exact) mass is 340 g/mol. The summed E-state index contributed by atoms with van der Waals surface area (Å²) < 4.78 is 22.9. The van der Waals surface area contributed by atoms with Gasteiger partial charge in [0, 0.05) is 37.6 Å². The summed E-state index contributed by atoms with van der Waals surface area (Å²) in [5, 5.41) is 3.97. The number of rotatable bonds is 4. The molecule has 1 saturated heterocycles. The fourth-order valence-electron chi connectivity index (χ4n) is 3.40. The lowest BCUT2D eigenvalue weighted by Gasteiger charge is -2.35. The van der Waals surface area contributed by atoms with Gasteiger partial charge in [0.15, 0.2) is 0 Å². The molecule has 3 heterocycles. The number of nitrogens with zero attached hydrogens (tertiary/aromatic N) is 4. The quantitative estimate of drug-likeness (QED) is 0.729. The number of benzene rings is 1. The van der Waals surface area contributed by atoms with Crippen LogP contribution in [0.5, 0.6) is 0 Å². The summed E-state index contributed by atoms with van der Waals surface area (Å²) in [4.78, 5) is 6.46. The van der Waals surface area contributed by atoms with Crippen LogP contribution in [0.3, 0.4) is 0 Å². The van der Waals surface area contributed by atoms with E-state index >= 15 is 4.39 Å². The fourth-order valence-corrected chi connectivity index (χ4v) is 3.40. The molecule has 0 bridgehead atoms. The Bertz CT molecular complexity index is 844. The second kappa shape index (κ2) is 6.44. The summed E-state index contributed by atoms with van der Waals surface area (Å²) in [7, 11) is 2.01. The zero-order chi connectivity index (χ0) is 17.3. The van der Waals surface area contributed by atoms with Crippen LogP contribution in [0.4, 0.5) is 4.39 Å². The molecule has 1 aromatic carbocycles. The smallest absolute Gasteiger partial charge is 0.265 e. The number of halogens is 1. The highest BCUT2D eigenvalue weighted by atomic mass is 19.1. The molecule has 1 aliphatic rings. The maximum atomic E-state index is 15.6. The molecular weight excluding hydrogens is 319 g/mol. The van der Waals surface area contributed by atoms with Crippen molar-refractivity contribution in [1.29, 1.82) is 0 Å². The van der Waals surface area contributed by atoms with Crippen molar-refractivity contribution >= 4 is 0 Å². The summed E-state index contributed by atoms with van der Waals surface area (Å²) in [5.41, 5.74) is 0.404. The lowest BCUT2D eigenvalue weighted by Crippen LogP contribution is -2.43. The Morgan fingerprint density at radius 1 is 1.20 bits per heavy atom. The van der Waals surface area contributed by atoms with Crippen molar-refractivity contribution in [2.45, 2.75) is 25.1 Å². The summed E-state index contributed by atoms with van der Waals surface area (Å²) in [6.07, 6.45) is 3.18. The lowest BCUT2D eigenvalue weighted by atomic mass is 9.94. The van der Waals surface area contributed by atoms with E-state index in [4.69, 9.17) is 4.52 Å². The minimum Gasteiger partial charge on any atom is -0.353 e. The molecule has 1 atom stereocenters. The van der Waals surface area contributed by atoms with Crippen molar-refractivity contribution < 1.29 is 8.91 Å². The number of alkyl halides is 1. The zero-order valence-corrected chi connectivity index (χ0v) is 14.2. The Kier molecular flexibility index (Phi) is 4.13. The third kappa shape index (κ3) is 3.22. The van der Waals surface area contributed by atoms with E-state index < -0.39 is 5.67 Å². The van der Waals surface area contributed by atoms with Crippen molar-refractivity contribution in [3.8, 4) is 11.4 Å². The largest absolute Gasteiger partial charge is 0.353 e. The Morgan fingerprint density at radius 2 is 2.04 bits per heavy atom. The van der Waals surface area contributed by atoms with Crippen molar-refractivity contribution in [2.24, 2.45) is 7.05 Å². The van der Waals surface area contributed by atoms with Crippen LogP contribution < -0.4 is 0 Å². The van der Waals surface area contributed by atoms with Gasteiger partial charge in [-0.15, -0.1) is 0 Å². The summed E-state index contributed by atoms with van der Waals surface area (Å²) >= 11 is 0. The van der Waals surface area contributed by atoms with Gasteiger partial charge in [-0.3, -0.25) is 4.90 Å². The number of likely N-dealkylation sites (tertiary alicyclic amines) is 1. The Hall–Kier alpha value is -2.47. The minimum atomic E-state index is -1.59. The number of hydrogen-bond acceptors (Lipinski definition) is 4. The van der Waals surface area contributed by atoms with E-state index in [9.17, 15) is 0 Å². The SMILES string of the molecule is Cn1cccc1CN1CCCC(F)(c2nc(-c3ccccc3)no2)C1. The second-order valence-corrected chi connectivity index (χ2v) is 6.68. The van der Waals surface area contributed by atoms with Crippen LogP contribution in [0.15, 0.2) is 53.2 Å². The molecule has 0 spiro atoms. The predicted octanol–water partition coefficient (Wildman–Crippen LogP) is 3.54. The third-order valence-electron chi connectivity index (χ3n) is 4.80. The molecule has 0 saturated carbocycles. The molecule has 6 heteroatoms. The lowest BCUT2D eigenvalue weighted by molar-refractivity contribution is 0.0116. The number of aryl methyl sites for hydroxylation is 1. The molecule has 0 N–H and O–H groups in total. The van der Waals surface area contributed by atoms with Crippen LogP contribution in [-0.4, -0.2) is 32.7 Å². The van der Waals surface area contributed by atoms with Crippen LogP contribution in [0, 0.1) is 0 Å². The molecular formula is C19H21FN4O. The van der Waals surface area contributed by atoms with E-state index in [1.165, 1.54) is 5.69 Å². The Morgan fingerprint density at radius 3 is 2.80 bits per heavy atom. The zero-order valence-electron chi connectivity index (χ0n) is 14.2. The molecule has 0 radical (unpaired) electrons. The van der Waals surface area contributed by atoms with Crippen LogP contribution in [-0.2, 0) is 19.3 Å². The summed E-state index contributed by atoms with van der Waals surface area (Å²) in [6.45, 7) is 1.86. The molecule has 3 aromatic rings. The van der Waals surface area contributed by atoms with E-state index in [1.807, 2.05) is 49.6 Å². The predicted molar refractivity (Wildman–Crippen MR) is 92.4 cm³/mol. The highest BCUT2D eigenvalue weighted by molar-refractivity contribution is 5.53. The molecule has 0 aliphatic carbocycles. The average molecular weight is 340 g/mol. The molecule has 1 aliphatic heterocycles. The van der Waals surface area contributed by atoms with Gasteiger partial charge in [-0.1, -0.05) is 35.5 Å². The van der Waals surface area contributed by atoms with E-state index in [0.717, 1.165) is 25.1 Å². The third-order valence-corrected chi connectivity index (χ3v) is 4.80.